The minimum absolute atomic E-state index is 0.224. The van der Waals surface area contributed by atoms with Gasteiger partial charge in [-0.3, -0.25) is 14.9 Å². The molecule has 0 saturated carbocycles. The van der Waals surface area contributed by atoms with E-state index >= 15 is 0 Å². The summed E-state index contributed by atoms with van der Waals surface area (Å²) < 4.78 is 8.23. The number of para-hydroxylation sites is 2. The molecule has 160 valence electrons. The van der Waals surface area contributed by atoms with Gasteiger partial charge in [-0.15, -0.1) is 0 Å². The molecule has 6 nitrogen and oxygen atoms in total. The molecule has 32 heavy (non-hydrogen) atoms. The summed E-state index contributed by atoms with van der Waals surface area (Å²) in [7, 11) is 0. The Bertz CT molecular complexity index is 1270. The summed E-state index contributed by atoms with van der Waals surface area (Å²) >= 11 is 1.04. The maximum Gasteiger partial charge on any atom is 0.286 e. The van der Waals surface area contributed by atoms with E-state index in [1.54, 1.807) is 0 Å². The van der Waals surface area contributed by atoms with Crippen molar-refractivity contribution in [2.75, 3.05) is 0 Å². The Morgan fingerprint density at radius 2 is 1.66 bits per heavy atom. The second-order valence-electron chi connectivity index (χ2n) is 7.61. The summed E-state index contributed by atoms with van der Waals surface area (Å²) in [5.74, 6) is 1.36. The number of carbonyl (C=O) groups is 2. The fourth-order valence-corrected chi connectivity index (χ4v) is 4.65. The Hall–Kier alpha value is -3.58. The average Bonchev–Trinajstić information content (AvgIpc) is 3.32. The molecule has 0 aliphatic carbocycles. The van der Waals surface area contributed by atoms with Crippen LogP contribution in [0.3, 0.4) is 0 Å². The maximum absolute atomic E-state index is 11.8. The molecule has 4 aromatic rings. The molecule has 1 fully saturated rings. The number of thioether (sulfide) groups is 1. The molecule has 1 atom stereocenters. The molecule has 0 radical (unpaired) electrons. The lowest BCUT2D eigenvalue weighted by Crippen LogP contribution is -2.25. The van der Waals surface area contributed by atoms with Crippen LogP contribution in [0.15, 0.2) is 78.9 Å². The molecule has 1 aliphatic heterocycles. The number of hydrogen-bond donors (Lipinski definition) is 1. The normalized spacial score (nSPS) is 15.8. The van der Waals surface area contributed by atoms with Crippen LogP contribution in [0.1, 0.15) is 17.0 Å². The highest BCUT2D eigenvalue weighted by Gasteiger charge is 2.31. The van der Waals surface area contributed by atoms with Crippen molar-refractivity contribution in [2.24, 2.45) is 0 Å². The van der Waals surface area contributed by atoms with E-state index in [1.807, 2.05) is 60.7 Å². The first-order valence-electron chi connectivity index (χ1n) is 10.4. The number of aromatic nitrogens is 2. The van der Waals surface area contributed by atoms with Crippen molar-refractivity contribution < 1.29 is 14.3 Å². The molecule has 1 N–H and O–H groups in total. The molecule has 0 bridgehead atoms. The highest BCUT2D eigenvalue weighted by Crippen LogP contribution is 2.24. The number of hydrogen-bond acceptors (Lipinski definition) is 5. The Morgan fingerprint density at radius 1 is 0.906 bits per heavy atom. The highest BCUT2D eigenvalue weighted by molar-refractivity contribution is 8.15. The van der Waals surface area contributed by atoms with E-state index in [1.165, 1.54) is 5.56 Å². The first kappa shape index (κ1) is 20.3. The summed E-state index contributed by atoms with van der Waals surface area (Å²) in [6, 6.07) is 26.0. The van der Waals surface area contributed by atoms with Crippen LogP contribution >= 0.6 is 11.8 Å². The van der Waals surface area contributed by atoms with Crippen molar-refractivity contribution >= 4 is 33.9 Å². The van der Waals surface area contributed by atoms with E-state index in [0.29, 0.717) is 13.0 Å². The molecule has 0 spiro atoms. The number of imide groups is 1. The quantitative estimate of drug-likeness (QED) is 0.453. The molecular weight excluding hydrogens is 422 g/mol. The zero-order valence-electron chi connectivity index (χ0n) is 17.2. The number of carbonyl (C=O) groups excluding carboxylic acids is 2. The van der Waals surface area contributed by atoms with Crippen molar-refractivity contribution in [3.8, 4) is 5.75 Å². The van der Waals surface area contributed by atoms with Gasteiger partial charge in [0.1, 0.15) is 18.2 Å². The third-order valence-corrected chi connectivity index (χ3v) is 6.38. The Balaban J connectivity index is 1.30. The smallest absolute Gasteiger partial charge is 0.286 e. The van der Waals surface area contributed by atoms with E-state index in [9.17, 15) is 9.59 Å². The van der Waals surface area contributed by atoms with Crippen molar-refractivity contribution in [1.29, 1.82) is 0 Å². The van der Waals surface area contributed by atoms with Gasteiger partial charge in [0.2, 0.25) is 5.91 Å². The summed E-state index contributed by atoms with van der Waals surface area (Å²) in [5, 5.41) is 1.67. The van der Waals surface area contributed by atoms with Crippen LogP contribution in [-0.4, -0.2) is 25.9 Å². The van der Waals surface area contributed by atoms with E-state index < -0.39 is 0 Å². The highest BCUT2D eigenvalue weighted by atomic mass is 32.2. The van der Waals surface area contributed by atoms with Crippen molar-refractivity contribution in [1.82, 2.24) is 14.9 Å². The third-order valence-electron chi connectivity index (χ3n) is 5.40. The SMILES string of the molecule is O=C1NC(=O)C(Cc2ccc(OCc3nc4ccccc4n3Cc3ccccc3)cc2)S1. The van der Waals surface area contributed by atoms with Gasteiger partial charge < -0.3 is 9.30 Å². The van der Waals surface area contributed by atoms with Gasteiger partial charge in [0.25, 0.3) is 5.24 Å². The third kappa shape index (κ3) is 4.38. The van der Waals surface area contributed by atoms with Gasteiger partial charge in [-0.05, 0) is 41.8 Å². The molecule has 7 heteroatoms. The van der Waals surface area contributed by atoms with Crippen LogP contribution in [0.5, 0.6) is 5.75 Å². The van der Waals surface area contributed by atoms with Crippen LogP contribution < -0.4 is 10.1 Å². The predicted octanol–water partition coefficient (Wildman–Crippen LogP) is 4.56. The number of nitrogens with one attached hydrogen (secondary N) is 1. The van der Waals surface area contributed by atoms with Gasteiger partial charge >= 0.3 is 0 Å². The van der Waals surface area contributed by atoms with Crippen molar-refractivity contribution in [3.63, 3.8) is 0 Å². The summed E-state index contributed by atoms with van der Waals surface area (Å²) in [5.41, 5.74) is 4.20. The van der Waals surface area contributed by atoms with Crippen LogP contribution in [0.2, 0.25) is 0 Å². The summed E-state index contributed by atoms with van der Waals surface area (Å²) in [4.78, 5) is 27.9. The molecule has 5 rings (SSSR count). The van der Waals surface area contributed by atoms with Gasteiger partial charge in [0, 0.05) is 6.54 Å². The maximum atomic E-state index is 11.8. The lowest BCUT2D eigenvalue weighted by atomic mass is 10.1. The molecule has 1 saturated heterocycles. The number of fused-ring (bicyclic) bond motifs is 1. The number of rotatable bonds is 7. The molecule has 2 amide bonds. The standard InChI is InChI=1S/C25H21N3O3S/c29-24-22(32-25(30)27-24)14-17-10-12-19(13-11-17)31-16-23-26-20-8-4-5-9-21(20)28(23)15-18-6-2-1-3-7-18/h1-13,22H,14-16H2,(H,27,29,30). The minimum atomic E-state index is -0.368. The van der Waals surface area contributed by atoms with E-state index in [4.69, 9.17) is 9.72 Å². The van der Waals surface area contributed by atoms with Gasteiger partial charge in [0.15, 0.2) is 0 Å². The number of imidazole rings is 1. The van der Waals surface area contributed by atoms with Gasteiger partial charge in [0.05, 0.1) is 16.3 Å². The fourth-order valence-electron chi connectivity index (χ4n) is 3.79. The Labute approximate surface area is 189 Å². The van der Waals surface area contributed by atoms with Crippen LogP contribution in [0, 0.1) is 0 Å². The minimum Gasteiger partial charge on any atom is -0.486 e. The zero-order valence-corrected chi connectivity index (χ0v) is 18.0. The Morgan fingerprint density at radius 3 is 2.41 bits per heavy atom. The number of benzene rings is 3. The van der Waals surface area contributed by atoms with Crippen molar-refractivity contribution in [2.45, 2.75) is 24.8 Å². The zero-order chi connectivity index (χ0) is 21.9. The van der Waals surface area contributed by atoms with E-state index in [-0.39, 0.29) is 16.4 Å². The average molecular weight is 444 g/mol. The number of nitrogens with zero attached hydrogens (tertiary/aromatic N) is 2. The van der Waals surface area contributed by atoms with E-state index in [0.717, 1.165) is 46.5 Å². The predicted molar refractivity (Wildman–Crippen MR) is 125 cm³/mol. The summed E-state index contributed by atoms with van der Waals surface area (Å²) in [6.07, 6.45) is 0.509. The number of amides is 2. The van der Waals surface area contributed by atoms with Crippen LogP contribution in [0.25, 0.3) is 11.0 Å². The van der Waals surface area contributed by atoms with Crippen LogP contribution in [0.4, 0.5) is 4.79 Å². The Kier molecular flexibility index (Phi) is 5.64. The molecule has 1 aromatic heterocycles. The second kappa shape index (κ2) is 8.88. The van der Waals surface area contributed by atoms with Crippen molar-refractivity contribution in [3.05, 3.63) is 95.8 Å². The molecule has 3 aromatic carbocycles. The van der Waals surface area contributed by atoms with Crippen LogP contribution in [-0.2, 0) is 24.4 Å². The van der Waals surface area contributed by atoms with E-state index in [2.05, 4.69) is 28.1 Å². The first-order valence-corrected chi connectivity index (χ1v) is 11.2. The number of ether oxygens (including phenoxy) is 1. The molecule has 1 unspecified atom stereocenters. The summed E-state index contributed by atoms with van der Waals surface area (Å²) in [6.45, 7) is 1.06. The lowest BCUT2D eigenvalue weighted by Gasteiger charge is -2.11. The first-order chi connectivity index (χ1) is 15.7. The molecule has 2 heterocycles. The molecular formula is C25H21N3O3S. The fraction of sp³-hybridized carbons (Fsp3) is 0.160. The second-order valence-corrected chi connectivity index (χ2v) is 8.78. The largest absolute Gasteiger partial charge is 0.486 e. The van der Waals surface area contributed by atoms with Gasteiger partial charge in [-0.2, -0.15) is 0 Å². The van der Waals surface area contributed by atoms with Gasteiger partial charge in [-0.25, -0.2) is 4.98 Å². The van der Waals surface area contributed by atoms with Gasteiger partial charge in [-0.1, -0.05) is 66.4 Å². The topological polar surface area (TPSA) is 73.2 Å². The lowest BCUT2D eigenvalue weighted by molar-refractivity contribution is -0.118. The monoisotopic (exact) mass is 443 g/mol. The molecule has 1 aliphatic rings.